The molecule has 1 rings (SSSR count). The number of aliphatic hydroxyl groups is 4. The van der Waals surface area contributed by atoms with Crippen LogP contribution in [0.25, 0.3) is 0 Å². The summed E-state index contributed by atoms with van der Waals surface area (Å²) in [7, 11) is 0. The van der Waals surface area contributed by atoms with Crippen LogP contribution >= 0.6 is 11.8 Å². The van der Waals surface area contributed by atoms with Crippen LogP contribution in [-0.4, -0.2) is 110 Å². The van der Waals surface area contributed by atoms with Crippen molar-refractivity contribution in [2.75, 3.05) is 11.5 Å². The quantitative estimate of drug-likeness (QED) is 0.106. The van der Waals surface area contributed by atoms with Crippen LogP contribution in [0.3, 0.4) is 0 Å². The van der Waals surface area contributed by atoms with Crippen molar-refractivity contribution in [2.24, 2.45) is 11.8 Å². The van der Waals surface area contributed by atoms with Crippen molar-refractivity contribution >= 4 is 35.5 Å². The van der Waals surface area contributed by atoms with E-state index in [4.69, 9.17) is 4.74 Å². The molecule has 0 spiro atoms. The Morgan fingerprint density at radius 2 is 1.32 bits per heavy atom. The van der Waals surface area contributed by atoms with Gasteiger partial charge >= 0.3 is 5.97 Å². The zero-order valence-electron chi connectivity index (χ0n) is 23.9. The predicted molar refractivity (Wildman–Crippen MR) is 148 cm³/mol. The highest BCUT2D eigenvalue weighted by Gasteiger charge is 2.42. The Labute approximate surface area is 239 Å². The van der Waals surface area contributed by atoms with E-state index in [1.54, 1.807) is 0 Å². The van der Waals surface area contributed by atoms with E-state index in [9.17, 15) is 44.7 Å². The smallest absolute Gasteiger partial charge is 0.326 e. The lowest BCUT2D eigenvalue weighted by Crippen LogP contribution is -2.58. The van der Waals surface area contributed by atoms with E-state index in [0.717, 1.165) is 18.2 Å². The van der Waals surface area contributed by atoms with Crippen molar-refractivity contribution in [3.8, 4) is 0 Å². The van der Waals surface area contributed by atoms with Crippen LogP contribution in [0.5, 0.6) is 0 Å². The molecule has 40 heavy (non-hydrogen) atoms. The summed E-state index contributed by atoms with van der Waals surface area (Å²) in [4.78, 5) is 50.5. The fraction of sp³-hybridized carbons (Fsp3) is 0.846. The van der Waals surface area contributed by atoms with Crippen LogP contribution in [0, 0.1) is 11.8 Å². The zero-order chi connectivity index (χ0) is 30.6. The molecule has 1 saturated heterocycles. The first-order valence-electron chi connectivity index (χ1n) is 13.8. The minimum Gasteiger partial charge on any atom is -0.480 e. The van der Waals surface area contributed by atoms with Gasteiger partial charge in [-0.2, -0.15) is 0 Å². The normalized spacial score (nSPS) is 25.2. The average molecular weight is 594 g/mol. The van der Waals surface area contributed by atoms with E-state index in [1.165, 1.54) is 0 Å². The number of aliphatic hydroxyl groups excluding tert-OH is 4. The number of hydrogen-bond acceptors (Lipinski definition) is 10. The summed E-state index contributed by atoms with van der Waals surface area (Å²) >= 11 is 1.04. The summed E-state index contributed by atoms with van der Waals surface area (Å²) < 4.78 is 5.10. The highest BCUT2D eigenvalue weighted by atomic mass is 32.2. The largest absolute Gasteiger partial charge is 0.480 e. The maximum absolute atomic E-state index is 13.2. The Bertz CT molecular complexity index is 831. The standard InChI is InChI=1S/C26H47N3O10S/c1-6-7-8-15(25(36)37)28-24(35)17(10-14(4)5)29-23(34)16(9-13(2)3)27-19(30)12-40-11-18-20(31)21(32)22(33)26(38)39-18/h13-18,20-22,26,31-33,38H,6-12H2,1-5H3,(H,27,30)(H,28,35)(H,29,34)(H,36,37)/t15-,16-,17-,18+,20+,21-,22+,26+/m0/s1. The van der Waals surface area contributed by atoms with Crippen LogP contribution in [-0.2, 0) is 23.9 Å². The molecule has 0 aromatic carbocycles. The van der Waals surface area contributed by atoms with Crippen molar-refractivity contribution in [3.63, 3.8) is 0 Å². The molecule has 3 amide bonds. The molecular formula is C26H47N3O10S. The van der Waals surface area contributed by atoms with Gasteiger partial charge in [0, 0.05) is 5.75 Å². The van der Waals surface area contributed by atoms with Gasteiger partial charge in [-0.3, -0.25) is 14.4 Å². The molecule has 0 radical (unpaired) electrons. The summed E-state index contributed by atoms with van der Waals surface area (Å²) in [6.45, 7) is 9.40. The second-order valence-electron chi connectivity index (χ2n) is 11.0. The topological polar surface area (TPSA) is 215 Å². The summed E-state index contributed by atoms with van der Waals surface area (Å²) in [5.41, 5.74) is 0. The summed E-state index contributed by atoms with van der Waals surface area (Å²) in [6, 6.07) is -3.02. The van der Waals surface area contributed by atoms with E-state index in [1.807, 2.05) is 34.6 Å². The molecule has 1 fully saturated rings. The number of hydrogen-bond donors (Lipinski definition) is 8. The van der Waals surface area contributed by atoms with Gasteiger partial charge < -0.3 is 46.2 Å². The molecule has 0 aromatic heterocycles. The number of amides is 3. The number of rotatable bonds is 17. The fourth-order valence-corrected chi connectivity index (χ4v) is 5.08. The van der Waals surface area contributed by atoms with E-state index < -0.39 is 72.5 Å². The number of nitrogens with one attached hydrogen (secondary N) is 3. The zero-order valence-corrected chi connectivity index (χ0v) is 24.7. The van der Waals surface area contributed by atoms with Crippen LogP contribution in [0.15, 0.2) is 0 Å². The van der Waals surface area contributed by atoms with Gasteiger partial charge in [-0.25, -0.2) is 4.79 Å². The third-order valence-electron chi connectivity index (χ3n) is 6.36. The molecule has 0 saturated carbocycles. The maximum Gasteiger partial charge on any atom is 0.326 e. The minimum absolute atomic E-state index is 0.0139. The molecule has 0 aromatic rings. The Kier molecular flexibility index (Phi) is 16.0. The molecule has 0 unspecified atom stereocenters. The maximum atomic E-state index is 13.2. The first kappa shape index (κ1) is 36.1. The third-order valence-corrected chi connectivity index (χ3v) is 7.39. The van der Waals surface area contributed by atoms with Gasteiger partial charge in [-0.1, -0.05) is 47.5 Å². The number of carbonyl (C=O) groups excluding carboxylic acids is 3. The van der Waals surface area contributed by atoms with Gasteiger partial charge in [0.15, 0.2) is 6.29 Å². The van der Waals surface area contributed by atoms with Crippen molar-refractivity contribution in [1.29, 1.82) is 0 Å². The van der Waals surface area contributed by atoms with Crippen molar-refractivity contribution < 1.29 is 49.4 Å². The molecule has 1 heterocycles. The lowest BCUT2D eigenvalue weighted by Gasteiger charge is -2.38. The molecule has 1 aliphatic rings. The Morgan fingerprint density at radius 3 is 1.82 bits per heavy atom. The minimum atomic E-state index is -1.68. The number of aliphatic carboxylic acids is 1. The van der Waals surface area contributed by atoms with Crippen molar-refractivity contribution in [3.05, 3.63) is 0 Å². The molecule has 0 aliphatic carbocycles. The number of carboxylic acids is 1. The summed E-state index contributed by atoms with van der Waals surface area (Å²) in [6.07, 6.45) is -5.20. The highest BCUT2D eigenvalue weighted by molar-refractivity contribution is 8.00. The number of ether oxygens (including phenoxy) is 1. The molecule has 8 atom stereocenters. The van der Waals surface area contributed by atoms with Gasteiger partial charge in [-0.15, -0.1) is 11.8 Å². The molecule has 13 nitrogen and oxygen atoms in total. The number of carbonyl (C=O) groups is 4. The lowest BCUT2D eigenvalue weighted by molar-refractivity contribution is -0.276. The average Bonchev–Trinajstić information content (AvgIpc) is 2.86. The fourth-order valence-electron chi connectivity index (χ4n) is 4.19. The molecule has 14 heteroatoms. The van der Waals surface area contributed by atoms with Gasteiger partial charge in [0.05, 0.1) is 11.9 Å². The van der Waals surface area contributed by atoms with Crippen LogP contribution < -0.4 is 16.0 Å². The van der Waals surface area contributed by atoms with Crippen LogP contribution in [0.1, 0.15) is 66.7 Å². The van der Waals surface area contributed by atoms with Gasteiger partial charge in [0.2, 0.25) is 17.7 Å². The van der Waals surface area contributed by atoms with E-state index in [0.29, 0.717) is 6.42 Å². The summed E-state index contributed by atoms with van der Waals surface area (Å²) in [5, 5.41) is 56.4. The van der Waals surface area contributed by atoms with Crippen LogP contribution in [0.2, 0.25) is 0 Å². The van der Waals surface area contributed by atoms with Gasteiger partial charge in [0.1, 0.15) is 36.4 Å². The molecule has 8 N–H and O–H groups in total. The van der Waals surface area contributed by atoms with Crippen molar-refractivity contribution in [1.82, 2.24) is 16.0 Å². The Hall–Kier alpha value is -1.97. The van der Waals surface area contributed by atoms with E-state index >= 15 is 0 Å². The number of carboxylic acid groups (broad SMARTS) is 1. The van der Waals surface area contributed by atoms with E-state index in [-0.39, 0.29) is 42.6 Å². The Balaban J connectivity index is 2.81. The third kappa shape index (κ3) is 12.3. The van der Waals surface area contributed by atoms with Crippen molar-refractivity contribution in [2.45, 2.75) is 116 Å². The number of unbranched alkanes of at least 4 members (excludes halogenated alkanes) is 1. The van der Waals surface area contributed by atoms with E-state index in [2.05, 4.69) is 16.0 Å². The molecule has 232 valence electrons. The Morgan fingerprint density at radius 1 is 0.800 bits per heavy atom. The first-order chi connectivity index (χ1) is 18.7. The SMILES string of the molecule is CCCC[C@H](NC(=O)[C@H](CC(C)C)NC(=O)[C@H](CC(C)C)NC(=O)CSC[C@H]1O[C@@H](O)[C@H](O)[C@@H](O)[C@@H]1O)C(=O)O. The molecule has 1 aliphatic heterocycles. The second kappa shape index (κ2) is 17.8. The van der Waals surface area contributed by atoms with Crippen LogP contribution in [0.4, 0.5) is 0 Å². The highest BCUT2D eigenvalue weighted by Crippen LogP contribution is 2.22. The van der Waals surface area contributed by atoms with Gasteiger partial charge in [0.25, 0.3) is 0 Å². The predicted octanol–water partition coefficient (Wildman–Crippen LogP) is -0.659. The number of thioether (sulfide) groups is 1. The second-order valence-corrected chi connectivity index (χ2v) is 12.1. The van der Waals surface area contributed by atoms with Gasteiger partial charge in [-0.05, 0) is 31.1 Å². The summed E-state index contributed by atoms with van der Waals surface area (Å²) in [5.74, 6) is -2.88. The monoisotopic (exact) mass is 593 g/mol. The molecular weight excluding hydrogens is 546 g/mol. The first-order valence-corrected chi connectivity index (χ1v) is 14.9. The lowest BCUT2D eigenvalue weighted by atomic mass is 9.99. The molecule has 0 bridgehead atoms.